The third kappa shape index (κ3) is 7.34. The fraction of sp³-hybridized carbons (Fsp3) is 0.105. The van der Waals surface area contributed by atoms with Crippen molar-refractivity contribution >= 4 is 15.7 Å². The van der Waals surface area contributed by atoms with E-state index in [1.165, 1.54) is 28.6 Å². The van der Waals surface area contributed by atoms with Crippen LogP contribution in [0.2, 0.25) is 0 Å². The van der Waals surface area contributed by atoms with E-state index in [9.17, 15) is 18.5 Å². The molecule has 0 aromatic heterocycles. The van der Waals surface area contributed by atoms with Crippen LogP contribution in [0.5, 0.6) is 0 Å². The number of hydrogen-bond acceptors (Lipinski definition) is 4. The molecule has 5 rings (SSSR count). The number of hydrogen-bond donors (Lipinski definition) is 0. The highest BCUT2D eigenvalue weighted by Gasteiger charge is 2.31. The minimum absolute atomic E-state index is 0.00307. The number of rotatable bonds is 13. The molecule has 45 heavy (non-hydrogen) atoms. The Morgan fingerprint density at radius 2 is 0.889 bits per heavy atom. The Morgan fingerprint density at radius 1 is 0.578 bits per heavy atom. The maximum atomic E-state index is 14.3. The van der Waals surface area contributed by atoms with Gasteiger partial charge in [0.1, 0.15) is 0 Å². The number of nitrogens with zero attached hydrogens (tertiary/aromatic N) is 2. The van der Waals surface area contributed by atoms with Gasteiger partial charge in [-0.1, -0.05) is 146 Å². The van der Waals surface area contributed by atoms with Gasteiger partial charge in [-0.25, -0.2) is 8.42 Å². The van der Waals surface area contributed by atoms with E-state index in [4.69, 9.17) is 0 Å². The van der Waals surface area contributed by atoms with Gasteiger partial charge >= 0.3 is 0 Å². The number of nitro groups is 1. The Bertz CT molecular complexity index is 1680. The van der Waals surface area contributed by atoms with Crippen LogP contribution in [-0.2, 0) is 10.0 Å². The highest BCUT2D eigenvalue weighted by atomic mass is 32.2. The first-order valence-electron chi connectivity index (χ1n) is 14.6. The van der Waals surface area contributed by atoms with Crippen molar-refractivity contribution in [2.45, 2.75) is 16.7 Å². The van der Waals surface area contributed by atoms with Gasteiger partial charge in [-0.3, -0.25) is 10.1 Å². The van der Waals surface area contributed by atoms with Gasteiger partial charge in [-0.15, -0.1) is 0 Å². The molecule has 5 aromatic rings. The smallest absolute Gasteiger partial charge is 0.258 e. The van der Waals surface area contributed by atoms with Crippen LogP contribution in [-0.4, -0.2) is 30.7 Å². The number of non-ortho nitro benzene ring substituents is 1. The van der Waals surface area contributed by atoms with E-state index in [0.717, 1.165) is 22.3 Å². The van der Waals surface area contributed by atoms with Crippen molar-refractivity contribution in [3.63, 3.8) is 0 Å². The maximum absolute atomic E-state index is 14.3. The van der Waals surface area contributed by atoms with Crippen molar-refractivity contribution in [1.82, 2.24) is 4.31 Å². The van der Waals surface area contributed by atoms with Crippen molar-refractivity contribution in [3.05, 3.63) is 202 Å². The molecule has 7 heteroatoms. The quantitative estimate of drug-likeness (QED) is 0.0758. The van der Waals surface area contributed by atoms with Gasteiger partial charge in [-0.05, 0) is 34.4 Å². The second-order valence-corrected chi connectivity index (χ2v) is 12.8. The van der Waals surface area contributed by atoms with E-state index in [-0.39, 0.29) is 35.5 Å². The first-order chi connectivity index (χ1) is 21.8. The zero-order chi connectivity index (χ0) is 31.8. The van der Waals surface area contributed by atoms with Gasteiger partial charge in [0.25, 0.3) is 5.69 Å². The Labute approximate surface area is 264 Å². The summed E-state index contributed by atoms with van der Waals surface area (Å²) in [7, 11) is -4.14. The third-order valence-corrected chi connectivity index (χ3v) is 9.60. The minimum atomic E-state index is -4.14. The highest BCUT2D eigenvalue weighted by Crippen LogP contribution is 2.35. The molecule has 0 saturated heterocycles. The number of benzene rings is 5. The Kier molecular flexibility index (Phi) is 9.82. The summed E-state index contributed by atoms with van der Waals surface area (Å²) in [6.45, 7) is 8.88. The summed E-state index contributed by atoms with van der Waals surface area (Å²) < 4.78 is 30.1. The molecule has 0 amide bonds. The van der Waals surface area contributed by atoms with Gasteiger partial charge in [0, 0.05) is 37.1 Å². The largest absolute Gasteiger partial charge is 0.269 e. The number of sulfonamides is 1. The summed E-state index contributed by atoms with van der Waals surface area (Å²) in [6, 6.07) is 44.5. The van der Waals surface area contributed by atoms with Gasteiger partial charge in [-0.2, -0.15) is 4.31 Å². The number of nitro benzene ring substituents is 1. The fourth-order valence-electron chi connectivity index (χ4n) is 5.66. The van der Waals surface area contributed by atoms with E-state index in [1.54, 1.807) is 0 Å². The van der Waals surface area contributed by atoms with Gasteiger partial charge in [0.05, 0.1) is 9.82 Å². The predicted molar refractivity (Wildman–Crippen MR) is 180 cm³/mol. The normalized spacial score (nSPS) is 11.5. The van der Waals surface area contributed by atoms with Gasteiger partial charge < -0.3 is 0 Å². The molecule has 0 radical (unpaired) electrons. The molecule has 0 aliphatic heterocycles. The zero-order valence-corrected chi connectivity index (χ0v) is 25.6. The van der Waals surface area contributed by atoms with Crippen LogP contribution in [0.25, 0.3) is 0 Å². The van der Waals surface area contributed by atoms with Crippen LogP contribution in [0.15, 0.2) is 175 Å². The molecule has 0 saturated carbocycles. The zero-order valence-electron chi connectivity index (χ0n) is 24.8. The van der Waals surface area contributed by atoms with Crippen LogP contribution < -0.4 is 0 Å². The topological polar surface area (TPSA) is 80.5 Å². The summed E-state index contributed by atoms with van der Waals surface area (Å²) >= 11 is 0. The summed E-state index contributed by atoms with van der Waals surface area (Å²) in [5.74, 6) is -0.538. The van der Waals surface area contributed by atoms with Crippen molar-refractivity contribution in [3.8, 4) is 0 Å². The van der Waals surface area contributed by atoms with Crippen LogP contribution in [0.1, 0.15) is 34.1 Å². The molecule has 6 nitrogen and oxygen atoms in total. The van der Waals surface area contributed by atoms with Crippen molar-refractivity contribution < 1.29 is 13.3 Å². The molecule has 0 atom stereocenters. The molecular weight excluding hydrogens is 580 g/mol. The Morgan fingerprint density at radius 3 is 1.18 bits per heavy atom. The lowest BCUT2D eigenvalue weighted by Crippen LogP contribution is -2.36. The van der Waals surface area contributed by atoms with E-state index in [0.29, 0.717) is 11.1 Å². The molecule has 226 valence electrons. The molecule has 0 heterocycles. The van der Waals surface area contributed by atoms with Crippen LogP contribution in [0, 0.1) is 10.1 Å². The van der Waals surface area contributed by atoms with E-state index in [2.05, 4.69) is 13.2 Å². The average molecular weight is 615 g/mol. The molecule has 5 aromatic carbocycles. The van der Waals surface area contributed by atoms with E-state index in [1.807, 2.05) is 121 Å². The molecule has 0 bridgehead atoms. The molecule has 0 aliphatic rings. The predicted octanol–water partition coefficient (Wildman–Crippen LogP) is 8.36. The standard InChI is InChI=1S/C38H34N2O4S/c1-29(37(31-15-7-3-8-16-31)32-17-9-4-10-18-32)27-39(45(43,44)36-25-23-35(24-26-36)40(41)42)28-30(2)38(33-19-11-5-12-20-33)34-21-13-6-14-22-34/h3-26,37-38H,1-2,27-28H2. The molecule has 0 fully saturated rings. The molecule has 0 aliphatic carbocycles. The van der Waals surface area contributed by atoms with Crippen LogP contribution >= 0.6 is 0 Å². The van der Waals surface area contributed by atoms with Crippen LogP contribution in [0.4, 0.5) is 5.69 Å². The second kappa shape index (κ2) is 14.1. The lowest BCUT2D eigenvalue weighted by Gasteiger charge is -2.30. The highest BCUT2D eigenvalue weighted by molar-refractivity contribution is 7.89. The minimum Gasteiger partial charge on any atom is -0.258 e. The lowest BCUT2D eigenvalue weighted by molar-refractivity contribution is -0.384. The van der Waals surface area contributed by atoms with Gasteiger partial charge in [0.15, 0.2) is 0 Å². The summed E-state index contributed by atoms with van der Waals surface area (Å²) in [6.07, 6.45) is 0. The van der Waals surface area contributed by atoms with Crippen molar-refractivity contribution in [2.75, 3.05) is 13.1 Å². The van der Waals surface area contributed by atoms with E-state index < -0.39 is 14.9 Å². The van der Waals surface area contributed by atoms with Crippen molar-refractivity contribution in [1.29, 1.82) is 0 Å². The van der Waals surface area contributed by atoms with Crippen molar-refractivity contribution in [2.24, 2.45) is 0 Å². The molecule has 0 spiro atoms. The monoisotopic (exact) mass is 614 g/mol. The molecular formula is C38H34N2O4S. The summed E-state index contributed by atoms with van der Waals surface area (Å²) in [5.41, 5.74) is 5.15. The Hall–Kier alpha value is -5.11. The SMILES string of the molecule is C=C(CN(CC(=C)C(c1ccccc1)c1ccccc1)S(=O)(=O)c1ccc([N+](=O)[O-])cc1)C(c1ccccc1)c1ccccc1. The summed E-state index contributed by atoms with van der Waals surface area (Å²) in [4.78, 5) is 10.7. The maximum Gasteiger partial charge on any atom is 0.269 e. The van der Waals surface area contributed by atoms with E-state index >= 15 is 0 Å². The molecule has 0 N–H and O–H groups in total. The summed E-state index contributed by atoms with van der Waals surface area (Å²) in [5, 5.41) is 11.3. The lowest BCUT2D eigenvalue weighted by atomic mass is 9.84. The Balaban J connectivity index is 1.56. The first kappa shape index (κ1) is 31.3. The van der Waals surface area contributed by atoms with Gasteiger partial charge in [0.2, 0.25) is 10.0 Å². The molecule has 0 unspecified atom stereocenters. The van der Waals surface area contributed by atoms with Crippen LogP contribution in [0.3, 0.4) is 0 Å². The third-order valence-electron chi connectivity index (χ3n) is 7.79. The second-order valence-electron chi connectivity index (χ2n) is 10.8. The fourth-order valence-corrected chi connectivity index (χ4v) is 7.11. The average Bonchev–Trinajstić information content (AvgIpc) is 3.07. The first-order valence-corrected chi connectivity index (χ1v) is 16.0.